The van der Waals surface area contributed by atoms with Gasteiger partial charge in [-0.1, -0.05) is 6.92 Å². The van der Waals surface area contributed by atoms with Gasteiger partial charge in [-0.05, 0) is 12.3 Å². The van der Waals surface area contributed by atoms with Crippen LogP contribution in [-0.4, -0.2) is 12.7 Å². The van der Waals surface area contributed by atoms with E-state index in [1.54, 1.807) is 25.1 Å². The smallest absolute Gasteiger partial charge is 0.600 e. The third kappa shape index (κ3) is 6.19. The van der Waals surface area contributed by atoms with Crippen LogP contribution >= 0.6 is 0 Å². The minimum Gasteiger partial charge on any atom is -0.600 e. The SMILES string of the molecule is CCOC([O-])=Nc1[c-]cccc1.[Li+].[Li+]. The van der Waals surface area contributed by atoms with E-state index >= 15 is 0 Å². The molecule has 0 saturated carbocycles. The Morgan fingerprint density at radius 1 is 1.50 bits per heavy atom. The molecule has 0 atom stereocenters. The Kier molecular flexibility index (Phi) is 10.7. The number of nitrogens with zero attached hydrogens (tertiary/aromatic N) is 1. The molecule has 0 saturated heterocycles. The molecule has 14 heavy (non-hydrogen) atoms. The topological polar surface area (TPSA) is 44.6 Å². The molecule has 5 heteroatoms. The minimum absolute atomic E-state index is 0. The first-order valence-corrected chi connectivity index (χ1v) is 3.68. The van der Waals surface area contributed by atoms with Gasteiger partial charge in [0.2, 0.25) is 0 Å². The molecule has 0 aliphatic heterocycles. The molecule has 0 aliphatic rings. The molecule has 0 unspecified atom stereocenters. The fraction of sp³-hybridized carbons (Fsp3) is 0.222. The standard InChI is InChI=1S/C9H10NO2.2Li/c1-2-12-9(11)10-8-6-4-3-5-7-8;;/h3-6H,2H2,1H3,(H,10,11);;/q-1;2*+1/p-1. The third-order valence-corrected chi connectivity index (χ3v) is 1.17. The molecule has 0 N–H and O–H groups in total. The number of hydrogen-bond acceptors (Lipinski definition) is 3. The summed E-state index contributed by atoms with van der Waals surface area (Å²) in [5, 5.41) is 10.8. The molecule has 1 rings (SSSR count). The van der Waals surface area contributed by atoms with Crippen molar-refractivity contribution in [3.63, 3.8) is 0 Å². The normalized spacial score (nSPS) is 9.64. The minimum atomic E-state index is -0.569. The average molecular weight is 177 g/mol. The van der Waals surface area contributed by atoms with Crippen molar-refractivity contribution in [1.82, 2.24) is 0 Å². The van der Waals surface area contributed by atoms with Crippen molar-refractivity contribution in [3.8, 4) is 0 Å². The summed E-state index contributed by atoms with van der Waals surface area (Å²) in [4.78, 5) is 3.63. The van der Waals surface area contributed by atoms with Gasteiger partial charge in [0.1, 0.15) is 6.08 Å². The maximum Gasteiger partial charge on any atom is 1.00 e. The Balaban J connectivity index is 0. The second kappa shape index (κ2) is 9.25. The van der Waals surface area contributed by atoms with Gasteiger partial charge < -0.3 is 9.84 Å². The predicted molar refractivity (Wildman–Crippen MR) is 44.0 cm³/mol. The van der Waals surface area contributed by atoms with Crippen molar-refractivity contribution in [1.29, 1.82) is 0 Å². The van der Waals surface area contributed by atoms with Gasteiger partial charge in [0.25, 0.3) is 0 Å². The molecule has 0 bridgehead atoms. The quantitative estimate of drug-likeness (QED) is 0.196. The molecule has 1 aromatic rings. The molecule has 0 aromatic heterocycles. The molecular weight excluding hydrogens is 168 g/mol. The van der Waals surface area contributed by atoms with Crippen molar-refractivity contribution in [2.75, 3.05) is 6.61 Å². The first-order valence-electron chi connectivity index (χ1n) is 3.68. The van der Waals surface area contributed by atoms with Gasteiger partial charge in [0, 0.05) is 0 Å². The monoisotopic (exact) mass is 177 g/mol. The van der Waals surface area contributed by atoms with Crippen molar-refractivity contribution < 1.29 is 47.6 Å². The summed E-state index contributed by atoms with van der Waals surface area (Å²) < 4.78 is 4.62. The molecule has 0 spiro atoms. The molecular formula is C9H9Li2NO2. The first-order chi connectivity index (χ1) is 5.83. The molecule has 0 fully saturated rings. The largest absolute Gasteiger partial charge is 1.00 e. The van der Waals surface area contributed by atoms with Crippen LogP contribution in [0.1, 0.15) is 6.92 Å². The van der Waals surface area contributed by atoms with Gasteiger partial charge in [-0.15, -0.1) is 6.07 Å². The van der Waals surface area contributed by atoms with Crippen LogP contribution in [-0.2, 0) is 4.74 Å². The second-order valence-corrected chi connectivity index (χ2v) is 2.06. The first kappa shape index (κ1) is 16.1. The van der Waals surface area contributed by atoms with Crippen LogP contribution in [0.2, 0.25) is 0 Å². The van der Waals surface area contributed by atoms with Gasteiger partial charge in [0.15, 0.2) is 0 Å². The van der Waals surface area contributed by atoms with Gasteiger partial charge in [-0.3, -0.25) is 4.99 Å². The Morgan fingerprint density at radius 2 is 2.21 bits per heavy atom. The number of benzene rings is 1. The average Bonchev–Trinajstić information content (AvgIpc) is 2.06. The molecule has 0 aliphatic carbocycles. The van der Waals surface area contributed by atoms with E-state index in [1.807, 2.05) is 6.07 Å². The van der Waals surface area contributed by atoms with Crippen LogP contribution in [0.4, 0.5) is 5.69 Å². The summed E-state index contributed by atoms with van der Waals surface area (Å²) in [6.45, 7) is 2.08. The molecule has 0 radical (unpaired) electrons. The Bertz CT molecular complexity index is 265. The zero-order valence-electron chi connectivity index (χ0n) is 8.78. The van der Waals surface area contributed by atoms with Crippen LogP contribution in [0, 0.1) is 6.07 Å². The summed E-state index contributed by atoms with van der Waals surface area (Å²) in [6.07, 6.45) is -0.569. The maximum atomic E-state index is 10.8. The van der Waals surface area contributed by atoms with Crippen LogP contribution in [0.5, 0.6) is 0 Å². The third-order valence-electron chi connectivity index (χ3n) is 1.17. The van der Waals surface area contributed by atoms with E-state index in [9.17, 15) is 5.11 Å². The molecule has 0 amide bonds. The summed E-state index contributed by atoms with van der Waals surface area (Å²) in [6, 6.07) is 9.77. The van der Waals surface area contributed by atoms with E-state index in [2.05, 4.69) is 15.8 Å². The predicted octanol–water partition coefficient (Wildman–Crippen LogP) is -5.12. The van der Waals surface area contributed by atoms with Crippen LogP contribution < -0.4 is 42.8 Å². The Morgan fingerprint density at radius 3 is 2.71 bits per heavy atom. The van der Waals surface area contributed by atoms with E-state index in [0.29, 0.717) is 12.3 Å². The maximum absolute atomic E-state index is 10.8. The molecule has 0 heterocycles. The van der Waals surface area contributed by atoms with Crippen molar-refractivity contribution in [2.24, 2.45) is 4.99 Å². The summed E-state index contributed by atoms with van der Waals surface area (Å²) >= 11 is 0. The molecule has 64 valence electrons. The van der Waals surface area contributed by atoms with Gasteiger partial charge in [0.05, 0.1) is 0 Å². The van der Waals surface area contributed by atoms with Crippen molar-refractivity contribution in [2.45, 2.75) is 6.92 Å². The van der Waals surface area contributed by atoms with Crippen LogP contribution in [0.3, 0.4) is 0 Å². The second-order valence-electron chi connectivity index (χ2n) is 2.06. The van der Waals surface area contributed by atoms with Gasteiger partial charge in [-0.25, -0.2) is 0 Å². The molecule has 1 aromatic carbocycles. The number of ether oxygens (including phenoxy) is 1. The van der Waals surface area contributed by atoms with E-state index in [4.69, 9.17) is 0 Å². The number of para-hydroxylation sites is 1. The summed E-state index contributed by atoms with van der Waals surface area (Å²) in [5.41, 5.74) is 0.496. The van der Waals surface area contributed by atoms with Crippen LogP contribution in [0.25, 0.3) is 0 Å². The van der Waals surface area contributed by atoms with Crippen LogP contribution in [0.15, 0.2) is 29.3 Å². The van der Waals surface area contributed by atoms with E-state index in [-0.39, 0.29) is 37.7 Å². The van der Waals surface area contributed by atoms with Gasteiger partial charge in [-0.2, -0.15) is 24.3 Å². The summed E-state index contributed by atoms with van der Waals surface area (Å²) in [5.74, 6) is 0. The number of hydrogen-bond donors (Lipinski definition) is 0. The zero-order valence-corrected chi connectivity index (χ0v) is 8.78. The van der Waals surface area contributed by atoms with Gasteiger partial charge >= 0.3 is 37.7 Å². The summed E-state index contributed by atoms with van der Waals surface area (Å²) in [7, 11) is 0. The van der Waals surface area contributed by atoms with Crippen molar-refractivity contribution >= 4 is 11.8 Å². The fourth-order valence-electron chi connectivity index (χ4n) is 0.708. The van der Waals surface area contributed by atoms with E-state index in [0.717, 1.165) is 0 Å². The Hall–Kier alpha value is -0.315. The van der Waals surface area contributed by atoms with Crippen molar-refractivity contribution in [3.05, 3.63) is 30.3 Å². The fourth-order valence-corrected chi connectivity index (χ4v) is 0.708. The van der Waals surface area contributed by atoms with E-state index in [1.165, 1.54) is 0 Å². The Labute approximate surface area is 108 Å². The van der Waals surface area contributed by atoms with E-state index < -0.39 is 6.08 Å². The molecule has 3 nitrogen and oxygen atoms in total. The zero-order chi connectivity index (χ0) is 8.81. The number of rotatable bonds is 2. The number of aliphatic imine (C=N–C) groups is 1.